The van der Waals surface area contributed by atoms with Gasteiger partial charge < -0.3 is 4.90 Å². The van der Waals surface area contributed by atoms with E-state index in [2.05, 4.69) is 26.8 Å². The van der Waals surface area contributed by atoms with Crippen molar-refractivity contribution in [3.63, 3.8) is 0 Å². The topological polar surface area (TPSA) is 9.72 Å². The molecule has 1 atom stereocenters. The molecule has 2 fully saturated rings. The van der Waals surface area contributed by atoms with Gasteiger partial charge in [-0.2, -0.15) is 0 Å². The summed E-state index contributed by atoms with van der Waals surface area (Å²) in [6.07, 6.45) is 2.50. The molecule has 0 N–H and O–H groups in total. The summed E-state index contributed by atoms with van der Waals surface area (Å²) in [5.41, 5.74) is 2.06. The van der Waals surface area contributed by atoms with Crippen LogP contribution in [0.4, 0.5) is 10.1 Å². The van der Waals surface area contributed by atoms with E-state index in [0.29, 0.717) is 6.04 Å². The number of halogens is 2. The molecule has 2 aliphatic rings. The highest BCUT2D eigenvalue weighted by Gasteiger charge is 2.28. The van der Waals surface area contributed by atoms with Crippen molar-refractivity contribution in [2.45, 2.75) is 25.4 Å². The van der Waals surface area contributed by atoms with Crippen LogP contribution in [0.1, 0.15) is 18.4 Å². The number of nitrogens with zero attached hydrogens (tertiary/aromatic N) is 3. The van der Waals surface area contributed by atoms with Crippen LogP contribution in [0.15, 0.2) is 48.5 Å². The number of anilines is 1. The van der Waals surface area contributed by atoms with Crippen molar-refractivity contribution in [2.24, 2.45) is 0 Å². The van der Waals surface area contributed by atoms with Crippen LogP contribution in [0.5, 0.6) is 0 Å². The molecule has 1 unspecified atom stereocenters. The van der Waals surface area contributed by atoms with E-state index in [9.17, 15) is 4.39 Å². The molecule has 144 valence electrons. The molecular weight excluding hydrogens is 361 g/mol. The third-order valence-corrected chi connectivity index (χ3v) is 6.08. The number of piperazine rings is 1. The Bertz CT molecular complexity index is 743. The zero-order chi connectivity index (χ0) is 18.6. The molecule has 0 amide bonds. The van der Waals surface area contributed by atoms with Gasteiger partial charge in [0.2, 0.25) is 0 Å². The summed E-state index contributed by atoms with van der Waals surface area (Å²) in [5.74, 6) is -0.113. The minimum atomic E-state index is -0.113. The lowest BCUT2D eigenvalue weighted by Crippen LogP contribution is -2.55. The van der Waals surface area contributed by atoms with Gasteiger partial charge in [0.1, 0.15) is 5.82 Å². The van der Waals surface area contributed by atoms with Gasteiger partial charge >= 0.3 is 0 Å². The lowest BCUT2D eigenvalue weighted by atomic mass is 10.0. The van der Waals surface area contributed by atoms with Crippen molar-refractivity contribution >= 4 is 17.3 Å². The first kappa shape index (κ1) is 18.7. The van der Waals surface area contributed by atoms with Crippen molar-refractivity contribution in [3.8, 4) is 0 Å². The highest BCUT2D eigenvalue weighted by atomic mass is 35.5. The first-order chi connectivity index (χ1) is 13.2. The SMILES string of the molecule is Fc1ccccc1N1CCN(C2CCCN(Cc3ccc(Cl)cc3)C2)CC1. The normalized spacial score (nSPS) is 22.1. The Kier molecular flexibility index (Phi) is 5.96. The van der Waals surface area contributed by atoms with E-state index in [1.807, 2.05) is 24.3 Å². The lowest BCUT2D eigenvalue weighted by molar-refractivity contribution is 0.0887. The zero-order valence-corrected chi connectivity index (χ0v) is 16.4. The van der Waals surface area contributed by atoms with Gasteiger partial charge in [-0.3, -0.25) is 9.80 Å². The fourth-order valence-corrected chi connectivity index (χ4v) is 4.48. The highest BCUT2D eigenvalue weighted by Crippen LogP contribution is 2.24. The van der Waals surface area contributed by atoms with Crippen molar-refractivity contribution in [3.05, 3.63) is 64.9 Å². The molecule has 27 heavy (non-hydrogen) atoms. The van der Waals surface area contributed by atoms with E-state index in [-0.39, 0.29) is 5.82 Å². The maximum absolute atomic E-state index is 14.0. The van der Waals surface area contributed by atoms with Crippen molar-refractivity contribution in [1.82, 2.24) is 9.80 Å². The van der Waals surface area contributed by atoms with Gasteiger partial charge in [0, 0.05) is 50.3 Å². The molecular formula is C22H27ClFN3. The Morgan fingerprint density at radius 3 is 2.41 bits per heavy atom. The molecule has 0 spiro atoms. The summed E-state index contributed by atoms with van der Waals surface area (Å²) >= 11 is 6.00. The minimum absolute atomic E-state index is 0.113. The van der Waals surface area contributed by atoms with Crippen LogP contribution in [-0.2, 0) is 6.54 Å². The summed E-state index contributed by atoms with van der Waals surface area (Å²) in [6, 6.07) is 15.9. The Hall–Kier alpha value is -1.62. The van der Waals surface area contributed by atoms with Gasteiger partial charge in [-0.15, -0.1) is 0 Å². The van der Waals surface area contributed by atoms with E-state index >= 15 is 0 Å². The summed E-state index contributed by atoms with van der Waals surface area (Å²) in [6.45, 7) is 7.07. The minimum Gasteiger partial charge on any atom is -0.367 e. The van der Waals surface area contributed by atoms with Gasteiger partial charge in [0.25, 0.3) is 0 Å². The molecule has 2 aromatic rings. The third kappa shape index (κ3) is 4.63. The third-order valence-electron chi connectivity index (χ3n) is 5.82. The van der Waals surface area contributed by atoms with Crippen molar-refractivity contribution < 1.29 is 4.39 Å². The number of hydrogen-bond acceptors (Lipinski definition) is 3. The van der Waals surface area contributed by atoms with E-state index in [4.69, 9.17) is 11.6 Å². The molecule has 2 saturated heterocycles. The maximum Gasteiger partial charge on any atom is 0.146 e. The van der Waals surface area contributed by atoms with Crippen LogP contribution in [-0.4, -0.2) is 55.1 Å². The molecule has 2 aromatic carbocycles. The van der Waals surface area contributed by atoms with Gasteiger partial charge in [-0.05, 0) is 49.2 Å². The molecule has 3 nitrogen and oxygen atoms in total. The molecule has 4 rings (SSSR count). The Morgan fingerprint density at radius 2 is 1.67 bits per heavy atom. The standard InChI is InChI=1S/C22H27ClFN3/c23-19-9-7-18(8-10-19)16-25-11-3-4-20(17-25)26-12-14-27(15-13-26)22-6-2-1-5-21(22)24/h1-2,5-10,20H,3-4,11-17H2. The van der Waals surface area contributed by atoms with Crippen molar-refractivity contribution in [1.29, 1.82) is 0 Å². The number of hydrogen-bond donors (Lipinski definition) is 0. The van der Waals surface area contributed by atoms with E-state index in [1.165, 1.54) is 18.4 Å². The average Bonchev–Trinajstić information content (AvgIpc) is 2.71. The Morgan fingerprint density at radius 1 is 0.926 bits per heavy atom. The van der Waals surface area contributed by atoms with Crippen LogP contribution >= 0.6 is 11.6 Å². The zero-order valence-electron chi connectivity index (χ0n) is 15.7. The molecule has 2 heterocycles. The molecule has 0 bridgehead atoms. The van der Waals surface area contributed by atoms with Crippen LogP contribution in [0.25, 0.3) is 0 Å². The fourth-order valence-electron chi connectivity index (χ4n) is 4.36. The Balaban J connectivity index is 1.31. The van der Waals surface area contributed by atoms with Crippen LogP contribution in [0, 0.1) is 5.82 Å². The number of benzene rings is 2. The number of para-hydroxylation sites is 1. The second-order valence-electron chi connectivity index (χ2n) is 7.63. The summed E-state index contributed by atoms with van der Waals surface area (Å²) in [7, 11) is 0. The number of rotatable bonds is 4. The summed E-state index contributed by atoms with van der Waals surface area (Å²) in [5, 5.41) is 0.794. The highest BCUT2D eigenvalue weighted by molar-refractivity contribution is 6.30. The molecule has 0 saturated carbocycles. The largest absolute Gasteiger partial charge is 0.367 e. The number of piperidine rings is 1. The van der Waals surface area contributed by atoms with E-state index in [0.717, 1.165) is 56.5 Å². The first-order valence-electron chi connectivity index (χ1n) is 9.89. The van der Waals surface area contributed by atoms with Crippen LogP contribution in [0.2, 0.25) is 5.02 Å². The second kappa shape index (κ2) is 8.59. The van der Waals surface area contributed by atoms with Gasteiger partial charge in [0.15, 0.2) is 0 Å². The number of likely N-dealkylation sites (tertiary alicyclic amines) is 1. The monoisotopic (exact) mass is 387 g/mol. The van der Waals surface area contributed by atoms with Crippen LogP contribution in [0.3, 0.4) is 0 Å². The molecule has 2 aliphatic heterocycles. The lowest BCUT2D eigenvalue weighted by Gasteiger charge is -2.44. The summed E-state index contributed by atoms with van der Waals surface area (Å²) < 4.78 is 14.0. The van der Waals surface area contributed by atoms with Crippen LogP contribution < -0.4 is 4.90 Å². The quantitative estimate of drug-likeness (QED) is 0.775. The molecule has 0 radical (unpaired) electrons. The fraction of sp³-hybridized carbons (Fsp3) is 0.455. The first-order valence-corrected chi connectivity index (χ1v) is 10.3. The predicted molar refractivity (Wildman–Crippen MR) is 110 cm³/mol. The van der Waals surface area contributed by atoms with E-state index in [1.54, 1.807) is 12.1 Å². The maximum atomic E-state index is 14.0. The second-order valence-corrected chi connectivity index (χ2v) is 8.07. The van der Waals surface area contributed by atoms with Crippen molar-refractivity contribution in [2.75, 3.05) is 44.2 Å². The predicted octanol–water partition coefficient (Wildman–Crippen LogP) is 4.27. The molecule has 0 aromatic heterocycles. The smallest absolute Gasteiger partial charge is 0.146 e. The molecule has 5 heteroatoms. The average molecular weight is 388 g/mol. The van der Waals surface area contributed by atoms with Gasteiger partial charge in [-0.1, -0.05) is 35.9 Å². The molecule has 0 aliphatic carbocycles. The van der Waals surface area contributed by atoms with E-state index < -0.39 is 0 Å². The summed E-state index contributed by atoms with van der Waals surface area (Å²) in [4.78, 5) is 7.34. The van der Waals surface area contributed by atoms with Gasteiger partial charge in [0.05, 0.1) is 5.69 Å². The Labute approximate surface area is 166 Å². The van der Waals surface area contributed by atoms with Gasteiger partial charge in [-0.25, -0.2) is 4.39 Å².